The van der Waals surface area contributed by atoms with Gasteiger partial charge in [0.05, 0.1) is 16.4 Å². The van der Waals surface area contributed by atoms with Crippen LogP contribution in [0.15, 0.2) is 22.7 Å². The third-order valence-electron chi connectivity index (χ3n) is 2.25. The highest BCUT2D eigenvalue weighted by Gasteiger charge is 2.28. The van der Waals surface area contributed by atoms with Crippen molar-refractivity contribution in [2.45, 2.75) is 13.8 Å². The molecule has 7 heteroatoms. The number of rotatable bonds is 5. The number of ether oxygens (including phenoxy) is 1. The van der Waals surface area contributed by atoms with Gasteiger partial charge in [0, 0.05) is 10.5 Å². The first-order valence-corrected chi connectivity index (χ1v) is 5.83. The monoisotopic (exact) mass is 317 g/mol. The second-order valence-electron chi connectivity index (χ2n) is 4.38. The van der Waals surface area contributed by atoms with E-state index in [9.17, 15) is 14.9 Å². The van der Waals surface area contributed by atoms with Crippen LogP contribution in [-0.4, -0.2) is 22.6 Å². The first-order valence-electron chi connectivity index (χ1n) is 5.03. The molecule has 0 fully saturated rings. The summed E-state index contributed by atoms with van der Waals surface area (Å²) in [4.78, 5) is 21.0. The SMILES string of the molecule is CC(C)(COc1cc(Br)cc([N+](=O)[O-])c1)C(=O)O. The van der Waals surface area contributed by atoms with Crippen molar-refractivity contribution in [2.24, 2.45) is 5.41 Å². The fourth-order valence-corrected chi connectivity index (χ4v) is 1.52. The predicted molar refractivity (Wildman–Crippen MR) is 67.7 cm³/mol. The van der Waals surface area contributed by atoms with Crippen molar-refractivity contribution in [1.29, 1.82) is 0 Å². The molecule has 0 bridgehead atoms. The van der Waals surface area contributed by atoms with E-state index in [2.05, 4.69) is 15.9 Å². The molecule has 98 valence electrons. The van der Waals surface area contributed by atoms with Crippen LogP contribution >= 0.6 is 15.9 Å². The summed E-state index contributed by atoms with van der Waals surface area (Å²) in [6.45, 7) is 2.96. The summed E-state index contributed by atoms with van der Waals surface area (Å²) in [7, 11) is 0. The van der Waals surface area contributed by atoms with Gasteiger partial charge in [-0.25, -0.2) is 0 Å². The van der Waals surface area contributed by atoms with Gasteiger partial charge in [-0.3, -0.25) is 14.9 Å². The predicted octanol–water partition coefficient (Wildman–Crippen LogP) is 2.85. The van der Waals surface area contributed by atoms with Gasteiger partial charge in [0.2, 0.25) is 0 Å². The molecule has 18 heavy (non-hydrogen) atoms. The van der Waals surface area contributed by atoms with Crippen LogP contribution in [0, 0.1) is 15.5 Å². The van der Waals surface area contributed by atoms with Gasteiger partial charge in [-0.2, -0.15) is 0 Å². The lowest BCUT2D eigenvalue weighted by molar-refractivity contribution is -0.385. The van der Waals surface area contributed by atoms with E-state index in [-0.39, 0.29) is 18.0 Å². The maximum atomic E-state index is 10.9. The Morgan fingerprint density at radius 3 is 2.61 bits per heavy atom. The number of carboxylic acid groups (broad SMARTS) is 1. The van der Waals surface area contributed by atoms with Crippen LogP contribution < -0.4 is 4.74 Å². The van der Waals surface area contributed by atoms with Gasteiger partial charge in [-0.1, -0.05) is 15.9 Å². The average molecular weight is 318 g/mol. The number of aliphatic carboxylic acids is 1. The third kappa shape index (κ3) is 3.69. The van der Waals surface area contributed by atoms with E-state index in [1.54, 1.807) is 6.07 Å². The number of non-ortho nitro benzene ring substituents is 1. The molecule has 1 aromatic carbocycles. The zero-order valence-electron chi connectivity index (χ0n) is 9.84. The molecule has 0 aliphatic heterocycles. The maximum absolute atomic E-state index is 10.9. The lowest BCUT2D eigenvalue weighted by atomic mass is 9.95. The van der Waals surface area contributed by atoms with E-state index < -0.39 is 16.3 Å². The van der Waals surface area contributed by atoms with Gasteiger partial charge in [0.1, 0.15) is 12.4 Å². The summed E-state index contributed by atoms with van der Waals surface area (Å²) in [5, 5.41) is 19.6. The molecule has 6 nitrogen and oxygen atoms in total. The summed E-state index contributed by atoms with van der Waals surface area (Å²) in [5.41, 5.74) is -1.18. The number of carboxylic acids is 1. The van der Waals surface area contributed by atoms with Crippen LogP contribution in [0.25, 0.3) is 0 Å². The number of nitro groups is 1. The number of halogens is 1. The zero-order chi connectivity index (χ0) is 13.9. The Hall–Kier alpha value is -1.63. The summed E-state index contributed by atoms with van der Waals surface area (Å²) >= 11 is 3.13. The minimum Gasteiger partial charge on any atom is -0.492 e. The van der Waals surface area contributed by atoms with Gasteiger partial charge < -0.3 is 9.84 Å². The molecule has 0 unspecified atom stereocenters. The Bertz CT molecular complexity index is 486. The van der Waals surface area contributed by atoms with Crippen molar-refractivity contribution in [2.75, 3.05) is 6.61 Å². The Morgan fingerprint density at radius 1 is 1.50 bits per heavy atom. The van der Waals surface area contributed by atoms with Crippen molar-refractivity contribution in [3.05, 3.63) is 32.8 Å². The molecule has 0 aromatic heterocycles. The van der Waals surface area contributed by atoms with E-state index in [4.69, 9.17) is 9.84 Å². The molecule has 0 saturated carbocycles. The first-order chi connectivity index (χ1) is 8.22. The summed E-state index contributed by atoms with van der Waals surface area (Å²) in [5.74, 6) is -0.739. The highest BCUT2D eigenvalue weighted by Crippen LogP contribution is 2.27. The highest BCUT2D eigenvalue weighted by molar-refractivity contribution is 9.10. The van der Waals surface area contributed by atoms with Crippen molar-refractivity contribution < 1.29 is 19.6 Å². The number of nitro benzene ring substituents is 1. The molecular formula is C11H12BrNO5. The first kappa shape index (κ1) is 14.4. The van der Waals surface area contributed by atoms with E-state index in [0.29, 0.717) is 4.47 Å². The van der Waals surface area contributed by atoms with Crippen LogP contribution in [0.1, 0.15) is 13.8 Å². The van der Waals surface area contributed by atoms with E-state index >= 15 is 0 Å². The summed E-state index contributed by atoms with van der Waals surface area (Å²) < 4.78 is 5.79. The normalized spacial score (nSPS) is 11.1. The smallest absolute Gasteiger partial charge is 0.312 e. The number of hydrogen-bond donors (Lipinski definition) is 1. The summed E-state index contributed by atoms with van der Waals surface area (Å²) in [6.07, 6.45) is 0. The molecule has 0 radical (unpaired) electrons. The van der Waals surface area contributed by atoms with Gasteiger partial charge in [0.15, 0.2) is 0 Å². The minimum atomic E-state index is -1.06. The Kier molecular flexibility index (Phi) is 4.28. The van der Waals surface area contributed by atoms with Crippen LogP contribution in [0.2, 0.25) is 0 Å². The fraction of sp³-hybridized carbons (Fsp3) is 0.364. The molecular weight excluding hydrogens is 306 g/mol. The topological polar surface area (TPSA) is 89.7 Å². The van der Waals surface area contributed by atoms with Gasteiger partial charge in [-0.05, 0) is 19.9 Å². The molecule has 0 amide bonds. The maximum Gasteiger partial charge on any atom is 0.312 e. The van der Waals surface area contributed by atoms with Crippen molar-refractivity contribution in [3.63, 3.8) is 0 Å². The second-order valence-corrected chi connectivity index (χ2v) is 5.30. The molecule has 0 saturated heterocycles. The molecule has 0 aliphatic rings. The largest absolute Gasteiger partial charge is 0.492 e. The van der Waals surface area contributed by atoms with Crippen molar-refractivity contribution >= 4 is 27.6 Å². The van der Waals surface area contributed by atoms with Crippen LogP contribution in [-0.2, 0) is 4.79 Å². The van der Waals surface area contributed by atoms with Crippen molar-refractivity contribution in [1.82, 2.24) is 0 Å². The fourth-order valence-electron chi connectivity index (χ4n) is 1.06. The molecule has 0 atom stereocenters. The Balaban J connectivity index is 2.86. The zero-order valence-corrected chi connectivity index (χ0v) is 11.4. The number of nitrogens with zero attached hydrogens (tertiary/aromatic N) is 1. The van der Waals surface area contributed by atoms with Crippen LogP contribution in [0.5, 0.6) is 5.75 Å². The Labute approximate surface area is 112 Å². The lowest BCUT2D eigenvalue weighted by Crippen LogP contribution is -2.30. The standard InChI is InChI=1S/C11H12BrNO5/c1-11(2,10(14)15)6-18-9-4-7(12)3-8(5-9)13(16)17/h3-5H,6H2,1-2H3,(H,14,15). The second kappa shape index (κ2) is 5.34. The van der Waals surface area contributed by atoms with Crippen LogP contribution in [0.3, 0.4) is 0 Å². The van der Waals surface area contributed by atoms with Gasteiger partial charge in [-0.15, -0.1) is 0 Å². The quantitative estimate of drug-likeness (QED) is 0.666. The molecule has 0 spiro atoms. The molecule has 1 rings (SSSR count). The Morgan fingerprint density at radius 2 is 2.11 bits per heavy atom. The van der Waals surface area contributed by atoms with E-state index in [1.165, 1.54) is 26.0 Å². The van der Waals surface area contributed by atoms with Gasteiger partial charge in [0.25, 0.3) is 5.69 Å². The van der Waals surface area contributed by atoms with Gasteiger partial charge >= 0.3 is 5.97 Å². The van der Waals surface area contributed by atoms with E-state index in [0.717, 1.165) is 0 Å². The number of benzene rings is 1. The lowest BCUT2D eigenvalue weighted by Gasteiger charge is -2.19. The van der Waals surface area contributed by atoms with Crippen molar-refractivity contribution in [3.8, 4) is 5.75 Å². The number of carbonyl (C=O) groups is 1. The summed E-state index contributed by atoms with van der Waals surface area (Å²) in [6, 6.07) is 4.14. The minimum absolute atomic E-state index is 0.0735. The third-order valence-corrected chi connectivity index (χ3v) is 2.70. The molecule has 0 aliphatic carbocycles. The average Bonchev–Trinajstić information content (AvgIpc) is 2.25. The highest BCUT2D eigenvalue weighted by atomic mass is 79.9. The van der Waals surface area contributed by atoms with E-state index in [1.807, 2.05) is 0 Å². The molecule has 0 heterocycles. The molecule has 1 aromatic rings. The molecule has 1 N–H and O–H groups in total. The number of hydrogen-bond acceptors (Lipinski definition) is 4. The van der Waals surface area contributed by atoms with Crippen LogP contribution in [0.4, 0.5) is 5.69 Å².